The number of amides is 1. The van der Waals surface area contributed by atoms with Crippen molar-refractivity contribution in [3.63, 3.8) is 0 Å². The van der Waals surface area contributed by atoms with Crippen LogP contribution in [0.1, 0.15) is 31.3 Å². The van der Waals surface area contributed by atoms with Crippen LogP contribution in [0.25, 0.3) is 0 Å². The van der Waals surface area contributed by atoms with Gasteiger partial charge in [0.2, 0.25) is 0 Å². The molecule has 100 valence electrons. The first-order valence-corrected chi connectivity index (χ1v) is 6.14. The molecule has 19 heavy (non-hydrogen) atoms. The van der Waals surface area contributed by atoms with Crippen LogP contribution in [0.5, 0.6) is 0 Å². The quantitative estimate of drug-likeness (QED) is 0.792. The van der Waals surface area contributed by atoms with Crippen molar-refractivity contribution in [3.8, 4) is 0 Å². The van der Waals surface area contributed by atoms with Crippen LogP contribution >= 0.6 is 0 Å². The highest BCUT2D eigenvalue weighted by atomic mass is 16.1. The molecule has 0 atom stereocenters. The van der Waals surface area contributed by atoms with Gasteiger partial charge < -0.3 is 10.6 Å². The first-order valence-electron chi connectivity index (χ1n) is 6.14. The highest BCUT2D eigenvalue weighted by Crippen LogP contribution is 2.14. The van der Waals surface area contributed by atoms with Gasteiger partial charge in [-0.2, -0.15) is 5.10 Å². The summed E-state index contributed by atoms with van der Waals surface area (Å²) in [6.07, 6.45) is 0. The Hall–Kier alpha value is -2.30. The van der Waals surface area contributed by atoms with Gasteiger partial charge in [0.15, 0.2) is 0 Å². The highest BCUT2D eigenvalue weighted by Gasteiger charge is 2.14. The van der Waals surface area contributed by atoms with Crippen LogP contribution in [0.3, 0.4) is 0 Å². The maximum Gasteiger partial charge on any atom is 0.273 e. The van der Waals surface area contributed by atoms with Crippen LogP contribution in [-0.4, -0.2) is 21.6 Å². The van der Waals surface area contributed by atoms with Gasteiger partial charge in [-0.15, -0.1) is 0 Å². The van der Waals surface area contributed by atoms with Crippen molar-refractivity contribution in [2.24, 2.45) is 0 Å². The second-order valence-electron chi connectivity index (χ2n) is 5.36. The van der Waals surface area contributed by atoms with Crippen LogP contribution in [-0.2, 0) is 0 Å². The maximum absolute atomic E-state index is 12.0. The number of aromatic nitrogens is 2. The molecule has 0 aliphatic heterocycles. The lowest BCUT2D eigenvalue weighted by Crippen LogP contribution is -2.26. The van der Waals surface area contributed by atoms with E-state index in [1.54, 1.807) is 6.07 Å². The molecule has 3 N–H and O–H groups in total. The molecule has 1 aromatic heterocycles. The molecule has 1 heterocycles. The van der Waals surface area contributed by atoms with Crippen molar-refractivity contribution in [2.75, 3.05) is 10.6 Å². The molecule has 5 heteroatoms. The average molecular weight is 258 g/mol. The van der Waals surface area contributed by atoms with Crippen molar-refractivity contribution in [3.05, 3.63) is 42.1 Å². The van der Waals surface area contributed by atoms with Gasteiger partial charge in [0.05, 0.1) is 0 Å². The minimum Gasteiger partial charge on any atom is -0.364 e. The summed E-state index contributed by atoms with van der Waals surface area (Å²) in [7, 11) is 0. The van der Waals surface area contributed by atoms with E-state index in [1.165, 1.54) is 0 Å². The van der Waals surface area contributed by atoms with Crippen molar-refractivity contribution in [1.82, 2.24) is 10.2 Å². The normalized spacial score (nSPS) is 11.1. The molecule has 2 rings (SSSR count). The van der Waals surface area contributed by atoms with Gasteiger partial charge in [0.25, 0.3) is 5.91 Å². The summed E-state index contributed by atoms with van der Waals surface area (Å²) >= 11 is 0. The molecular formula is C14H18N4O. The molecule has 0 spiro atoms. The number of anilines is 2. The van der Waals surface area contributed by atoms with Crippen molar-refractivity contribution in [1.29, 1.82) is 0 Å². The van der Waals surface area contributed by atoms with Crippen LogP contribution in [0.15, 0.2) is 36.4 Å². The van der Waals surface area contributed by atoms with Crippen LogP contribution in [0.2, 0.25) is 0 Å². The smallest absolute Gasteiger partial charge is 0.273 e. The molecule has 5 nitrogen and oxygen atoms in total. The van der Waals surface area contributed by atoms with Crippen LogP contribution < -0.4 is 10.6 Å². The monoisotopic (exact) mass is 258 g/mol. The van der Waals surface area contributed by atoms with Gasteiger partial charge in [-0.05, 0) is 32.9 Å². The number of nitrogens with one attached hydrogen (secondary N) is 3. The Morgan fingerprint density at radius 1 is 1.21 bits per heavy atom. The van der Waals surface area contributed by atoms with E-state index in [0.29, 0.717) is 11.5 Å². The second-order valence-corrected chi connectivity index (χ2v) is 5.36. The SMILES string of the molecule is CC(C)(C)Nc1cc(C(=O)Nc2ccccc2)[nH]n1. The second kappa shape index (κ2) is 5.14. The molecule has 0 fully saturated rings. The molecule has 0 saturated heterocycles. The van der Waals surface area contributed by atoms with E-state index >= 15 is 0 Å². The number of H-pyrrole nitrogens is 1. The minimum absolute atomic E-state index is 0.0949. The number of carbonyl (C=O) groups is 1. The largest absolute Gasteiger partial charge is 0.364 e. The zero-order valence-electron chi connectivity index (χ0n) is 11.3. The van der Waals surface area contributed by atoms with Crippen molar-refractivity contribution < 1.29 is 4.79 Å². The summed E-state index contributed by atoms with van der Waals surface area (Å²) in [5, 5.41) is 12.8. The van der Waals surface area contributed by atoms with Crippen LogP contribution in [0.4, 0.5) is 11.5 Å². The molecule has 0 saturated carbocycles. The Morgan fingerprint density at radius 2 is 1.89 bits per heavy atom. The molecular weight excluding hydrogens is 240 g/mol. The Kier molecular flexibility index (Phi) is 3.55. The zero-order chi connectivity index (χ0) is 13.9. The molecule has 1 amide bonds. The molecule has 0 bridgehead atoms. The number of hydrogen-bond acceptors (Lipinski definition) is 3. The lowest BCUT2D eigenvalue weighted by Gasteiger charge is -2.19. The molecule has 1 aromatic carbocycles. The van der Waals surface area contributed by atoms with Crippen molar-refractivity contribution in [2.45, 2.75) is 26.3 Å². The van der Waals surface area contributed by atoms with Crippen molar-refractivity contribution >= 4 is 17.4 Å². The average Bonchev–Trinajstić information content (AvgIpc) is 2.76. The first-order chi connectivity index (χ1) is 8.94. The lowest BCUT2D eigenvalue weighted by molar-refractivity contribution is 0.102. The summed E-state index contributed by atoms with van der Waals surface area (Å²) in [6.45, 7) is 6.10. The van der Waals surface area contributed by atoms with E-state index in [4.69, 9.17) is 0 Å². The first kappa shape index (κ1) is 13.1. The minimum atomic E-state index is -0.208. The molecule has 0 aliphatic carbocycles. The summed E-state index contributed by atoms with van der Waals surface area (Å²) in [6, 6.07) is 11.0. The van der Waals surface area contributed by atoms with E-state index in [2.05, 4.69) is 20.8 Å². The standard InChI is InChI=1S/C14H18N4O/c1-14(2,3)16-12-9-11(17-18-12)13(19)15-10-7-5-4-6-8-10/h4-9H,1-3H3,(H,15,19)(H2,16,17,18). The number of benzene rings is 1. The van der Waals surface area contributed by atoms with Crippen LogP contribution in [0, 0.1) is 0 Å². The number of nitrogens with zero attached hydrogens (tertiary/aromatic N) is 1. The van der Waals surface area contributed by atoms with Gasteiger partial charge in [0, 0.05) is 17.3 Å². The third kappa shape index (κ3) is 3.84. The summed E-state index contributed by atoms with van der Waals surface area (Å²) < 4.78 is 0. The van der Waals surface area contributed by atoms with E-state index < -0.39 is 0 Å². The van der Waals surface area contributed by atoms with E-state index in [-0.39, 0.29) is 11.4 Å². The summed E-state index contributed by atoms with van der Waals surface area (Å²) in [5.74, 6) is 0.450. The third-order valence-corrected chi connectivity index (χ3v) is 2.36. The molecule has 2 aromatic rings. The fraction of sp³-hybridized carbons (Fsp3) is 0.286. The lowest BCUT2D eigenvalue weighted by atomic mass is 10.1. The fourth-order valence-corrected chi connectivity index (χ4v) is 1.61. The Morgan fingerprint density at radius 3 is 2.53 bits per heavy atom. The predicted octanol–water partition coefficient (Wildman–Crippen LogP) is 2.87. The summed E-state index contributed by atoms with van der Waals surface area (Å²) in [4.78, 5) is 12.0. The number of hydrogen-bond donors (Lipinski definition) is 3. The highest BCUT2D eigenvalue weighted by molar-refractivity contribution is 6.03. The van der Waals surface area contributed by atoms with Gasteiger partial charge >= 0.3 is 0 Å². The Balaban J connectivity index is 2.04. The number of carbonyl (C=O) groups excluding carboxylic acids is 1. The number of rotatable bonds is 3. The van der Waals surface area contributed by atoms with E-state index in [1.807, 2.05) is 51.1 Å². The number of aromatic amines is 1. The van der Waals surface area contributed by atoms with E-state index in [9.17, 15) is 4.79 Å². The van der Waals surface area contributed by atoms with Gasteiger partial charge in [-0.3, -0.25) is 9.89 Å². The summed E-state index contributed by atoms with van der Waals surface area (Å²) in [5.41, 5.74) is 1.09. The van der Waals surface area contributed by atoms with E-state index in [0.717, 1.165) is 5.69 Å². The Labute approximate surface area is 112 Å². The molecule has 0 unspecified atom stereocenters. The van der Waals surface area contributed by atoms with Gasteiger partial charge in [0.1, 0.15) is 11.5 Å². The predicted molar refractivity (Wildman–Crippen MR) is 76.4 cm³/mol. The fourth-order valence-electron chi connectivity index (χ4n) is 1.61. The van der Waals surface area contributed by atoms with Gasteiger partial charge in [-0.25, -0.2) is 0 Å². The van der Waals surface area contributed by atoms with Gasteiger partial charge in [-0.1, -0.05) is 18.2 Å². The maximum atomic E-state index is 12.0. The third-order valence-electron chi connectivity index (χ3n) is 2.36. The topological polar surface area (TPSA) is 69.8 Å². The Bertz CT molecular complexity index is 554. The number of para-hydroxylation sites is 1. The molecule has 0 radical (unpaired) electrons. The zero-order valence-corrected chi connectivity index (χ0v) is 11.3. The molecule has 0 aliphatic rings.